The molecule has 0 aliphatic rings. The lowest BCUT2D eigenvalue weighted by atomic mass is 9.90. The minimum absolute atomic E-state index is 0.0980. The van der Waals surface area contributed by atoms with E-state index in [-0.39, 0.29) is 18.1 Å². The van der Waals surface area contributed by atoms with Gasteiger partial charge >= 0.3 is 6.61 Å². The number of primary amides is 1. The van der Waals surface area contributed by atoms with Crippen LogP contribution >= 0.6 is 0 Å². The number of alkyl halides is 2. The molecule has 106 valence electrons. The summed E-state index contributed by atoms with van der Waals surface area (Å²) in [7, 11) is 0. The summed E-state index contributed by atoms with van der Waals surface area (Å²) in [6.45, 7) is 2.92. The fourth-order valence-corrected chi connectivity index (χ4v) is 2.12. The second-order valence-corrected chi connectivity index (χ2v) is 4.68. The molecule has 2 N–H and O–H groups in total. The molecular formula is C14H19F2NO2. The van der Waals surface area contributed by atoms with Gasteiger partial charge in [-0.2, -0.15) is 8.78 Å². The fourth-order valence-electron chi connectivity index (χ4n) is 2.12. The molecular weight excluding hydrogens is 252 g/mol. The van der Waals surface area contributed by atoms with Crippen molar-refractivity contribution in [2.75, 3.05) is 0 Å². The Kier molecular flexibility index (Phi) is 5.27. The van der Waals surface area contributed by atoms with Gasteiger partial charge in [0.1, 0.15) is 5.75 Å². The molecule has 1 rings (SSSR count). The van der Waals surface area contributed by atoms with Crippen LogP contribution in [0.4, 0.5) is 8.78 Å². The van der Waals surface area contributed by atoms with E-state index in [1.165, 1.54) is 0 Å². The lowest BCUT2D eigenvalue weighted by Gasteiger charge is -2.18. The van der Waals surface area contributed by atoms with Gasteiger partial charge in [0.05, 0.1) is 6.42 Å². The molecule has 5 heteroatoms. The van der Waals surface area contributed by atoms with Crippen molar-refractivity contribution in [3.05, 3.63) is 28.8 Å². The zero-order chi connectivity index (χ0) is 14.6. The number of hydrogen-bond donors (Lipinski definition) is 1. The average Bonchev–Trinajstić information content (AvgIpc) is 2.28. The number of rotatable bonds is 6. The predicted molar refractivity (Wildman–Crippen MR) is 69.4 cm³/mol. The smallest absolute Gasteiger partial charge is 0.387 e. The van der Waals surface area contributed by atoms with Crippen LogP contribution in [0.15, 0.2) is 12.1 Å². The molecule has 0 unspecified atom stereocenters. The van der Waals surface area contributed by atoms with E-state index >= 15 is 0 Å². The van der Waals surface area contributed by atoms with Gasteiger partial charge in [0.15, 0.2) is 0 Å². The molecule has 0 aliphatic heterocycles. The molecule has 0 saturated carbocycles. The second-order valence-electron chi connectivity index (χ2n) is 4.68. The van der Waals surface area contributed by atoms with Gasteiger partial charge in [0.2, 0.25) is 5.91 Å². The molecule has 0 saturated heterocycles. The number of ether oxygens (including phenoxy) is 1. The molecule has 0 spiro atoms. The minimum Gasteiger partial charge on any atom is -0.435 e. The Hall–Kier alpha value is -1.65. The Morgan fingerprint density at radius 2 is 2.00 bits per heavy atom. The van der Waals surface area contributed by atoms with E-state index in [1.807, 2.05) is 20.8 Å². The molecule has 0 aliphatic carbocycles. The third-order valence-electron chi connectivity index (χ3n) is 2.93. The van der Waals surface area contributed by atoms with Gasteiger partial charge in [-0.15, -0.1) is 0 Å². The predicted octanol–water partition coefficient (Wildman–Crippen LogP) is 3.00. The Morgan fingerprint density at radius 3 is 2.42 bits per heavy atom. The number of benzene rings is 1. The van der Waals surface area contributed by atoms with E-state index in [4.69, 9.17) is 5.73 Å². The maximum atomic E-state index is 12.3. The van der Waals surface area contributed by atoms with Crippen LogP contribution in [0.25, 0.3) is 0 Å². The highest BCUT2D eigenvalue weighted by Crippen LogP contribution is 2.30. The van der Waals surface area contributed by atoms with Crippen molar-refractivity contribution in [2.24, 2.45) is 5.73 Å². The first-order valence-corrected chi connectivity index (χ1v) is 6.23. The summed E-state index contributed by atoms with van der Waals surface area (Å²) in [5.74, 6) is -0.205. The zero-order valence-corrected chi connectivity index (χ0v) is 11.4. The van der Waals surface area contributed by atoms with Crippen molar-refractivity contribution >= 4 is 5.91 Å². The lowest BCUT2D eigenvalue weighted by molar-refractivity contribution is -0.117. The van der Waals surface area contributed by atoms with Crippen molar-refractivity contribution < 1.29 is 18.3 Å². The number of amides is 1. The highest BCUT2D eigenvalue weighted by Gasteiger charge is 2.16. The largest absolute Gasteiger partial charge is 0.435 e. The van der Waals surface area contributed by atoms with Gasteiger partial charge in [-0.25, -0.2) is 0 Å². The first-order valence-electron chi connectivity index (χ1n) is 6.23. The molecule has 0 radical (unpaired) electrons. The lowest BCUT2D eigenvalue weighted by Crippen LogP contribution is -2.17. The van der Waals surface area contributed by atoms with Crippen molar-refractivity contribution in [1.82, 2.24) is 0 Å². The molecule has 0 fully saturated rings. The first-order chi connectivity index (χ1) is 8.85. The van der Waals surface area contributed by atoms with Crippen LogP contribution < -0.4 is 10.5 Å². The Balaban J connectivity index is 3.31. The van der Waals surface area contributed by atoms with E-state index in [0.717, 1.165) is 16.7 Å². The van der Waals surface area contributed by atoms with Crippen LogP contribution in [0, 0.1) is 0 Å². The monoisotopic (exact) mass is 271 g/mol. The molecule has 1 aromatic rings. The van der Waals surface area contributed by atoms with E-state index in [1.54, 1.807) is 12.1 Å². The Bertz CT molecular complexity index is 459. The zero-order valence-electron chi connectivity index (χ0n) is 11.4. The molecule has 0 bridgehead atoms. The third-order valence-corrected chi connectivity index (χ3v) is 2.93. The Morgan fingerprint density at radius 1 is 1.37 bits per heavy atom. The summed E-state index contributed by atoms with van der Waals surface area (Å²) in [5, 5.41) is 0. The average molecular weight is 271 g/mol. The topological polar surface area (TPSA) is 52.3 Å². The number of aryl methyl sites for hydroxylation is 1. The van der Waals surface area contributed by atoms with Crippen LogP contribution in [0.3, 0.4) is 0 Å². The van der Waals surface area contributed by atoms with Crippen LogP contribution in [0.1, 0.15) is 43.4 Å². The SMILES string of the molecule is CCc1cc(OC(F)F)cc(C(C)C)c1CC(N)=O. The molecule has 1 aromatic carbocycles. The Labute approximate surface area is 111 Å². The second kappa shape index (κ2) is 6.50. The highest BCUT2D eigenvalue weighted by atomic mass is 19.3. The van der Waals surface area contributed by atoms with Crippen molar-refractivity contribution in [2.45, 2.75) is 46.1 Å². The molecule has 3 nitrogen and oxygen atoms in total. The van der Waals surface area contributed by atoms with Gasteiger partial charge in [0, 0.05) is 0 Å². The molecule has 1 amide bonds. The fraction of sp³-hybridized carbons (Fsp3) is 0.500. The highest BCUT2D eigenvalue weighted by molar-refractivity contribution is 5.77. The van der Waals surface area contributed by atoms with E-state index in [0.29, 0.717) is 6.42 Å². The standard InChI is InChI=1S/C14H19F2NO2/c1-4-9-5-10(19-14(15)16)6-11(8(2)3)12(9)7-13(17)18/h5-6,8,14H,4,7H2,1-3H3,(H2,17,18). The van der Waals surface area contributed by atoms with Crippen molar-refractivity contribution in [3.8, 4) is 5.75 Å². The molecule has 19 heavy (non-hydrogen) atoms. The molecule has 0 atom stereocenters. The molecule has 0 heterocycles. The maximum Gasteiger partial charge on any atom is 0.387 e. The summed E-state index contributed by atoms with van der Waals surface area (Å²) < 4.78 is 29.1. The van der Waals surface area contributed by atoms with E-state index in [2.05, 4.69) is 4.74 Å². The van der Waals surface area contributed by atoms with Crippen LogP contribution in [0.5, 0.6) is 5.75 Å². The minimum atomic E-state index is -2.85. The summed E-state index contributed by atoms with van der Waals surface area (Å²) in [6.07, 6.45) is 0.744. The van der Waals surface area contributed by atoms with Gasteiger partial charge in [-0.1, -0.05) is 20.8 Å². The van der Waals surface area contributed by atoms with Crippen LogP contribution in [0.2, 0.25) is 0 Å². The van der Waals surface area contributed by atoms with Crippen molar-refractivity contribution in [3.63, 3.8) is 0 Å². The number of hydrogen-bond acceptors (Lipinski definition) is 2. The quantitative estimate of drug-likeness (QED) is 0.864. The number of carbonyl (C=O) groups is 1. The first kappa shape index (κ1) is 15.4. The number of carbonyl (C=O) groups excluding carboxylic acids is 1. The number of halogens is 2. The number of nitrogens with two attached hydrogens (primary N) is 1. The van der Waals surface area contributed by atoms with Crippen molar-refractivity contribution in [1.29, 1.82) is 0 Å². The summed E-state index contributed by atoms with van der Waals surface area (Å²) in [5.41, 5.74) is 7.72. The van der Waals surface area contributed by atoms with Crippen LogP contribution in [-0.2, 0) is 17.6 Å². The van der Waals surface area contributed by atoms with E-state index in [9.17, 15) is 13.6 Å². The normalized spacial score (nSPS) is 11.1. The van der Waals surface area contributed by atoms with Gasteiger partial charge < -0.3 is 10.5 Å². The van der Waals surface area contributed by atoms with Gasteiger partial charge in [-0.05, 0) is 41.2 Å². The molecule has 0 aromatic heterocycles. The van der Waals surface area contributed by atoms with E-state index < -0.39 is 12.5 Å². The van der Waals surface area contributed by atoms with Gasteiger partial charge in [0.25, 0.3) is 0 Å². The summed E-state index contributed by atoms with van der Waals surface area (Å²) in [4.78, 5) is 11.1. The summed E-state index contributed by atoms with van der Waals surface area (Å²) >= 11 is 0. The summed E-state index contributed by atoms with van der Waals surface area (Å²) in [6, 6.07) is 3.12. The maximum absolute atomic E-state index is 12.3. The van der Waals surface area contributed by atoms with Crippen LogP contribution in [-0.4, -0.2) is 12.5 Å². The third kappa shape index (κ3) is 4.19. The van der Waals surface area contributed by atoms with Gasteiger partial charge in [-0.3, -0.25) is 4.79 Å².